The molecule has 0 spiro atoms. The third kappa shape index (κ3) is 2.33. The van der Waals surface area contributed by atoms with Crippen LogP contribution in [0.4, 0.5) is 0 Å². The molecule has 0 aliphatic carbocycles. The Balaban J connectivity index is 2.62. The summed E-state index contributed by atoms with van der Waals surface area (Å²) in [7, 11) is 0. The zero-order valence-electron chi connectivity index (χ0n) is 7.10. The van der Waals surface area contributed by atoms with Gasteiger partial charge in [0.05, 0.1) is 6.54 Å². The Kier molecular flexibility index (Phi) is 2.87. The van der Waals surface area contributed by atoms with Crippen LogP contribution in [-0.2, 0) is 11.3 Å². The first-order chi connectivity index (χ1) is 6.50. The van der Waals surface area contributed by atoms with Crippen LogP contribution in [0.3, 0.4) is 0 Å². The summed E-state index contributed by atoms with van der Waals surface area (Å²) in [5, 5.41) is 8.42. The van der Waals surface area contributed by atoms with Gasteiger partial charge in [-0.25, -0.2) is 14.6 Å². The predicted molar refractivity (Wildman–Crippen MR) is 43.8 cm³/mol. The molecule has 1 aromatic heterocycles. The van der Waals surface area contributed by atoms with Gasteiger partial charge in [0, 0.05) is 0 Å². The molecule has 1 aromatic rings. The van der Waals surface area contributed by atoms with Crippen LogP contribution in [0.25, 0.3) is 0 Å². The number of rotatable bonds is 4. The number of nitrogens with zero attached hydrogens (tertiary/aromatic N) is 1. The maximum Gasteiger partial charge on any atom is 0.440 e. The quantitative estimate of drug-likeness (QED) is 0.515. The number of aromatic amines is 1. The molecule has 0 amide bonds. The van der Waals surface area contributed by atoms with E-state index in [-0.39, 0.29) is 13.0 Å². The first-order valence-electron chi connectivity index (χ1n) is 3.79. The number of nitrogens with one attached hydrogen (secondary N) is 1. The van der Waals surface area contributed by atoms with Gasteiger partial charge in [0.2, 0.25) is 0 Å². The van der Waals surface area contributed by atoms with Crippen molar-refractivity contribution >= 4 is 5.97 Å². The SMILES string of the molecule is NC(CCn1oc(=O)[nH]c1=O)C(=O)O. The highest BCUT2D eigenvalue weighted by atomic mass is 16.5. The van der Waals surface area contributed by atoms with Gasteiger partial charge in [0.15, 0.2) is 0 Å². The summed E-state index contributed by atoms with van der Waals surface area (Å²) in [5.74, 6) is -2.05. The minimum atomic E-state index is -1.17. The van der Waals surface area contributed by atoms with Gasteiger partial charge < -0.3 is 15.4 Å². The van der Waals surface area contributed by atoms with E-state index in [9.17, 15) is 14.4 Å². The molecule has 0 bridgehead atoms. The van der Waals surface area contributed by atoms with Crippen molar-refractivity contribution in [2.45, 2.75) is 19.0 Å². The third-order valence-electron chi connectivity index (χ3n) is 1.59. The summed E-state index contributed by atoms with van der Waals surface area (Å²) < 4.78 is 5.12. The first kappa shape index (κ1) is 10.3. The lowest BCUT2D eigenvalue weighted by Gasteiger charge is -2.03. The lowest BCUT2D eigenvalue weighted by molar-refractivity contribution is -0.138. The van der Waals surface area contributed by atoms with Crippen molar-refractivity contribution in [3.8, 4) is 0 Å². The Bertz CT molecular complexity index is 427. The van der Waals surface area contributed by atoms with Crippen molar-refractivity contribution < 1.29 is 14.4 Å². The number of aromatic nitrogens is 2. The van der Waals surface area contributed by atoms with Gasteiger partial charge in [-0.05, 0) is 6.42 Å². The number of carbonyl (C=O) groups is 1. The van der Waals surface area contributed by atoms with Gasteiger partial charge in [-0.2, -0.15) is 4.74 Å². The molecule has 0 saturated heterocycles. The molecule has 4 N–H and O–H groups in total. The number of aryl methyl sites for hydroxylation is 1. The Hall–Kier alpha value is -1.83. The normalized spacial score (nSPS) is 12.6. The fourth-order valence-electron chi connectivity index (χ4n) is 0.841. The Morgan fingerprint density at radius 2 is 2.29 bits per heavy atom. The maximum atomic E-state index is 10.8. The second kappa shape index (κ2) is 3.92. The van der Waals surface area contributed by atoms with Crippen LogP contribution in [0.15, 0.2) is 14.1 Å². The molecule has 0 aliphatic heterocycles. The molecule has 0 radical (unpaired) electrons. The largest absolute Gasteiger partial charge is 0.480 e. The number of aliphatic carboxylic acids is 1. The minimum absolute atomic E-state index is 0.00995. The summed E-state index contributed by atoms with van der Waals surface area (Å²) in [6.45, 7) is -0.0506. The molecule has 1 unspecified atom stereocenters. The van der Waals surface area contributed by atoms with Gasteiger partial charge in [-0.3, -0.25) is 4.79 Å². The fourth-order valence-corrected chi connectivity index (χ4v) is 0.841. The van der Waals surface area contributed by atoms with Gasteiger partial charge >= 0.3 is 17.4 Å². The molecule has 0 aliphatic rings. The van der Waals surface area contributed by atoms with Crippen molar-refractivity contribution in [1.82, 2.24) is 9.72 Å². The fraction of sp³-hybridized carbons (Fsp3) is 0.500. The molecular weight excluding hydrogens is 194 g/mol. The number of H-pyrrole nitrogens is 1. The monoisotopic (exact) mass is 203 g/mol. The van der Waals surface area contributed by atoms with Crippen molar-refractivity contribution in [3.05, 3.63) is 21.0 Å². The molecule has 14 heavy (non-hydrogen) atoms. The molecule has 1 atom stereocenters. The highest BCUT2D eigenvalue weighted by Gasteiger charge is 2.12. The molecule has 1 rings (SSSR count). The standard InChI is InChI=1S/C6H9N3O5/c7-3(4(10)11)1-2-9-5(12)8-6(13)14-9/h3H,1-2,7H2,(H,10,11)(H,8,12,13). The van der Waals surface area contributed by atoms with Crippen LogP contribution in [0.5, 0.6) is 0 Å². The average molecular weight is 203 g/mol. The van der Waals surface area contributed by atoms with Crippen molar-refractivity contribution in [3.63, 3.8) is 0 Å². The topological polar surface area (TPSA) is 131 Å². The Labute approximate surface area is 76.9 Å². The third-order valence-corrected chi connectivity index (χ3v) is 1.59. The van der Waals surface area contributed by atoms with E-state index in [2.05, 4.69) is 4.52 Å². The summed E-state index contributed by atoms with van der Waals surface area (Å²) in [5.41, 5.74) is 4.46. The zero-order valence-corrected chi connectivity index (χ0v) is 7.10. The van der Waals surface area contributed by atoms with Crippen molar-refractivity contribution in [2.24, 2.45) is 5.73 Å². The maximum absolute atomic E-state index is 10.8. The second-order valence-electron chi connectivity index (χ2n) is 2.64. The number of nitrogens with two attached hydrogens (primary N) is 1. The highest BCUT2D eigenvalue weighted by molar-refractivity contribution is 5.72. The lowest BCUT2D eigenvalue weighted by atomic mass is 10.2. The number of hydrogen-bond acceptors (Lipinski definition) is 5. The molecule has 0 fully saturated rings. The first-order valence-corrected chi connectivity index (χ1v) is 3.79. The van der Waals surface area contributed by atoms with E-state index in [0.29, 0.717) is 0 Å². The second-order valence-corrected chi connectivity index (χ2v) is 2.64. The number of carboxylic acid groups (broad SMARTS) is 1. The van der Waals surface area contributed by atoms with Crippen LogP contribution in [0, 0.1) is 0 Å². The summed E-state index contributed by atoms with van der Waals surface area (Å²) in [4.78, 5) is 33.5. The van der Waals surface area contributed by atoms with Crippen LogP contribution < -0.4 is 17.2 Å². The van der Waals surface area contributed by atoms with E-state index < -0.39 is 23.5 Å². The van der Waals surface area contributed by atoms with E-state index in [0.717, 1.165) is 4.74 Å². The molecular formula is C6H9N3O5. The average Bonchev–Trinajstić information content (AvgIpc) is 2.40. The van der Waals surface area contributed by atoms with E-state index in [1.165, 1.54) is 0 Å². The smallest absolute Gasteiger partial charge is 0.440 e. The van der Waals surface area contributed by atoms with Crippen molar-refractivity contribution in [1.29, 1.82) is 0 Å². The highest BCUT2D eigenvalue weighted by Crippen LogP contribution is 1.90. The molecule has 8 heteroatoms. The van der Waals surface area contributed by atoms with Gasteiger partial charge in [0.1, 0.15) is 6.04 Å². The van der Waals surface area contributed by atoms with Crippen LogP contribution in [0.1, 0.15) is 6.42 Å². The van der Waals surface area contributed by atoms with E-state index >= 15 is 0 Å². The van der Waals surface area contributed by atoms with E-state index in [1.54, 1.807) is 0 Å². The van der Waals surface area contributed by atoms with E-state index in [4.69, 9.17) is 10.8 Å². The van der Waals surface area contributed by atoms with Crippen LogP contribution >= 0.6 is 0 Å². The zero-order chi connectivity index (χ0) is 10.7. The summed E-state index contributed by atoms with van der Waals surface area (Å²) >= 11 is 0. The van der Waals surface area contributed by atoms with Crippen LogP contribution in [0.2, 0.25) is 0 Å². The molecule has 1 heterocycles. The van der Waals surface area contributed by atoms with Crippen LogP contribution in [-0.4, -0.2) is 26.8 Å². The van der Waals surface area contributed by atoms with Gasteiger partial charge in [-0.15, -0.1) is 0 Å². The van der Waals surface area contributed by atoms with Gasteiger partial charge in [-0.1, -0.05) is 0 Å². The van der Waals surface area contributed by atoms with Gasteiger partial charge in [0.25, 0.3) is 0 Å². The summed E-state index contributed by atoms with van der Waals surface area (Å²) in [6, 6.07) is -1.08. The lowest BCUT2D eigenvalue weighted by Crippen LogP contribution is -2.32. The minimum Gasteiger partial charge on any atom is -0.480 e. The number of hydrogen-bond donors (Lipinski definition) is 3. The van der Waals surface area contributed by atoms with E-state index in [1.807, 2.05) is 4.98 Å². The van der Waals surface area contributed by atoms with Crippen molar-refractivity contribution in [2.75, 3.05) is 0 Å². The Morgan fingerprint density at radius 1 is 1.64 bits per heavy atom. The molecule has 8 nitrogen and oxygen atoms in total. The summed E-state index contributed by atoms with van der Waals surface area (Å²) in [6.07, 6.45) is 0.00995. The molecule has 0 aromatic carbocycles. The predicted octanol–water partition coefficient (Wildman–Crippen LogP) is -2.07. The molecule has 0 saturated carbocycles. The Morgan fingerprint density at radius 3 is 2.71 bits per heavy atom. The molecule has 78 valence electrons. The number of carboxylic acids is 1.